The third-order valence-electron chi connectivity index (χ3n) is 14.8. The molecule has 0 spiro atoms. The predicted molar refractivity (Wildman–Crippen MR) is 371 cm³/mol. The SMILES string of the molecule is CC/C=C\C/C=C\C/C=C\C/C=C\C/C=C\C/C=C\C/C=C\C/C=C\C/C=C\C/C=C\CCCCCCC(=O)NC(COP(=O)([O-])OCC[N+](C)(C)C)C(O)/C=C/CC/C=C/CCCCCCCCCCCCCCCCCCCCCCCC. The maximum absolute atomic E-state index is 13.0. The Morgan fingerprint density at radius 1 is 0.424 bits per heavy atom. The number of nitrogens with one attached hydrogen (secondary N) is 1. The van der Waals surface area contributed by atoms with Gasteiger partial charge in [0.2, 0.25) is 5.91 Å². The van der Waals surface area contributed by atoms with Gasteiger partial charge in [0.15, 0.2) is 0 Å². The fourth-order valence-corrected chi connectivity index (χ4v) is 10.2. The Morgan fingerprint density at radius 2 is 0.729 bits per heavy atom. The van der Waals surface area contributed by atoms with Crippen molar-refractivity contribution in [1.29, 1.82) is 0 Å². The molecule has 0 aliphatic rings. The van der Waals surface area contributed by atoms with Crippen LogP contribution in [0.3, 0.4) is 0 Å². The molecule has 0 saturated carbocycles. The number of nitrogens with zero attached hydrogens (tertiary/aromatic N) is 1. The van der Waals surface area contributed by atoms with Crippen LogP contribution in [-0.4, -0.2) is 68.5 Å². The van der Waals surface area contributed by atoms with Gasteiger partial charge in [0.1, 0.15) is 13.2 Å². The molecule has 3 atom stereocenters. The van der Waals surface area contributed by atoms with Gasteiger partial charge in [-0.2, -0.15) is 0 Å². The lowest BCUT2D eigenvalue weighted by Gasteiger charge is -2.29. The van der Waals surface area contributed by atoms with Crippen LogP contribution in [0.5, 0.6) is 0 Å². The number of unbranched alkanes of at least 4 members (excludes halogenated alkanes) is 27. The lowest BCUT2D eigenvalue weighted by atomic mass is 10.0. The second kappa shape index (κ2) is 64.8. The van der Waals surface area contributed by atoms with Gasteiger partial charge >= 0.3 is 0 Å². The minimum absolute atomic E-state index is 0.0195. The number of rotatable bonds is 62. The van der Waals surface area contributed by atoms with Crippen molar-refractivity contribution in [2.45, 2.75) is 289 Å². The summed E-state index contributed by atoms with van der Waals surface area (Å²) in [5.74, 6) is -0.235. The van der Waals surface area contributed by atoms with Crippen molar-refractivity contribution in [3.8, 4) is 0 Å². The zero-order valence-corrected chi connectivity index (χ0v) is 56.4. The molecular weight excluding hydrogens is 1070 g/mol. The fourth-order valence-electron chi connectivity index (χ4n) is 9.43. The number of carbonyl (C=O) groups is 1. The Balaban J connectivity index is 4.25. The molecule has 0 rings (SSSR count). The topological polar surface area (TPSA) is 108 Å². The summed E-state index contributed by atoms with van der Waals surface area (Å²) in [6, 6.07) is -0.931. The summed E-state index contributed by atoms with van der Waals surface area (Å²) >= 11 is 0. The summed E-state index contributed by atoms with van der Waals surface area (Å²) in [7, 11) is 1.21. The Labute approximate surface area is 525 Å². The molecule has 0 bridgehead atoms. The molecule has 0 saturated heterocycles. The van der Waals surface area contributed by atoms with E-state index in [9.17, 15) is 19.4 Å². The van der Waals surface area contributed by atoms with Gasteiger partial charge in [-0.15, -0.1) is 0 Å². The van der Waals surface area contributed by atoms with Gasteiger partial charge in [0.25, 0.3) is 7.82 Å². The Kier molecular flexibility index (Phi) is 62.1. The van der Waals surface area contributed by atoms with Gasteiger partial charge in [-0.25, -0.2) is 0 Å². The summed E-state index contributed by atoms with van der Waals surface area (Å²) in [6.45, 7) is 4.50. The molecule has 0 aromatic heterocycles. The van der Waals surface area contributed by atoms with E-state index in [2.05, 4.69) is 153 Å². The standard InChI is InChI=1S/C76H131N2O6P/c1-6-8-10-12-14-16-18-20-22-24-26-28-30-32-34-36-37-38-39-40-41-42-44-46-48-50-52-54-56-58-60-62-64-66-68-70-76(80)77-74(73-84-85(81,82)83-72-71-78(3,4)5)75(79)69-67-65-63-61-59-57-55-53-51-49-47-45-43-35-33-31-29-27-25-23-21-19-17-15-13-11-9-7-2/h8,10,14,16,20,22,26,28,32,34,37-38,40-41,44,46,50,52,56,58-59,61,67,69,74-75,79H,6-7,9,11-13,15,17-19,21,23-25,27,29-31,33,35-36,39,42-43,45,47-49,51,53-55,57,60,62-66,68,70-73H2,1-5H3,(H-,77,80,81,82)/b10-8-,16-14-,22-20-,28-26-,34-32-,38-37-,41-40-,46-44-,52-50-,58-56-,61-59+,69-67+. The molecule has 0 aliphatic carbocycles. The van der Waals surface area contributed by atoms with Crippen molar-refractivity contribution >= 4 is 13.7 Å². The van der Waals surface area contributed by atoms with Crippen LogP contribution in [-0.2, 0) is 18.4 Å². The number of carbonyl (C=O) groups excluding carboxylic acids is 1. The van der Waals surface area contributed by atoms with Gasteiger partial charge in [0, 0.05) is 6.42 Å². The Morgan fingerprint density at radius 3 is 1.09 bits per heavy atom. The predicted octanol–water partition coefficient (Wildman–Crippen LogP) is 21.7. The van der Waals surface area contributed by atoms with Crippen LogP contribution in [0.2, 0.25) is 0 Å². The van der Waals surface area contributed by atoms with Crippen molar-refractivity contribution in [3.05, 3.63) is 146 Å². The zero-order chi connectivity index (χ0) is 61.9. The molecule has 486 valence electrons. The number of hydrogen-bond acceptors (Lipinski definition) is 6. The molecule has 2 N–H and O–H groups in total. The van der Waals surface area contributed by atoms with Gasteiger partial charge in [-0.1, -0.05) is 307 Å². The van der Waals surface area contributed by atoms with Crippen LogP contribution < -0.4 is 10.2 Å². The van der Waals surface area contributed by atoms with Crippen LogP contribution in [0, 0.1) is 0 Å². The number of amides is 1. The lowest BCUT2D eigenvalue weighted by Crippen LogP contribution is -2.45. The average Bonchev–Trinajstić information content (AvgIpc) is 3.48. The van der Waals surface area contributed by atoms with Crippen LogP contribution in [0.15, 0.2) is 146 Å². The van der Waals surface area contributed by atoms with Gasteiger partial charge in [-0.05, 0) is 109 Å². The molecule has 3 unspecified atom stereocenters. The highest BCUT2D eigenvalue weighted by Crippen LogP contribution is 2.38. The van der Waals surface area contributed by atoms with E-state index < -0.39 is 26.6 Å². The van der Waals surface area contributed by atoms with E-state index in [1.54, 1.807) is 6.08 Å². The number of quaternary nitrogens is 1. The zero-order valence-electron chi connectivity index (χ0n) is 55.5. The van der Waals surface area contributed by atoms with Crippen molar-refractivity contribution in [2.24, 2.45) is 0 Å². The molecule has 0 aromatic carbocycles. The quantitative estimate of drug-likeness (QED) is 0.0272. The number of likely N-dealkylation sites (N-methyl/N-ethyl adjacent to an activating group) is 1. The van der Waals surface area contributed by atoms with Gasteiger partial charge < -0.3 is 28.8 Å². The second-order valence-electron chi connectivity index (χ2n) is 24.1. The molecule has 0 heterocycles. The number of phosphoric acid groups is 1. The van der Waals surface area contributed by atoms with Crippen molar-refractivity contribution in [2.75, 3.05) is 40.9 Å². The van der Waals surface area contributed by atoms with E-state index in [1.165, 1.54) is 141 Å². The van der Waals surface area contributed by atoms with E-state index in [0.29, 0.717) is 23.9 Å². The lowest BCUT2D eigenvalue weighted by molar-refractivity contribution is -0.870. The van der Waals surface area contributed by atoms with Crippen LogP contribution in [0.25, 0.3) is 0 Å². The van der Waals surface area contributed by atoms with E-state index in [-0.39, 0.29) is 12.5 Å². The van der Waals surface area contributed by atoms with Crippen LogP contribution in [0.4, 0.5) is 0 Å². The molecule has 8 nitrogen and oxygen atoms in total. The summed E-state index contributed by atoms with van der Waals surface area (Å²) in [5.41, 5.74) is 0. The third kappa shape index (κ3) is 67.7. The Hall–Kier alpha value is -3.62. The molecule has 0 aliphatic heterocycles. The largest absolute Gasteiger partial charge is 0.756 e. The van der Waals surface area contributed by atoms with Gasteiger partial charge in [0.05, 0.1) is 39.9 Å². The smallest absolute Gasteiger partial charge is 0.268 e. The maximum atomic E-state index is 13.0. The first kappa shape index (κ1) is 81.4. The minimum Gasteiger partial charge on any atom is -0.756 e. The molecule has 85 heavy (non-hydrogen) atoms. The summed E-state index contributed by atoms with van der Waals surface area (Å²) in [6.07, 6.45) is 99.7. The minimum atomic E-state index is -4.63. The molecule has 9 heteroatoms. The van der Waals surface area contributed by atoms with Crippen molar-refractivity contribution in [3.63, 3.8) is 0 Å². The normalized spacial score (nSPS) is 14.6. The van der Waals surface area contributed by atoms with Crippen LogP contribution >= 0.6 is 7.82 Å². The molecule has 0 radical (unpaired) electrons. The summed E-state index contributed by atoms with van der Waals surface area (Å²) in [5, 5.41) is 13.9. The number of aliphatic hydroxyl groups is 1. The number of phosphoric ester groups is 1. The molecule has 0 fully saturated rings. The second-order valence-corrected chi connectivity index (χ2v) is 25.6. The number of allylic oxidation sites excluding steroid dienone is 23. The molecule has 1 amide bonds. The average molecular weight is 1200 g/mol. The summed E-state index contributed by atoms with van der Waals surface area (Å²) in [4.78, 5) is 25.6. The Bertz CT molecular complexity index is 1900. The first-order valence-electron chi connectivity index (χ1n) is 34.7. The molecule has 0 aromatic rings. The fraction of sp³-hybridized carbons (Fsp3) is 0.671. The highest BCUT2D eigenvalue weighted by molar-refractivity contribution is 7.45. The van der Waals surface area contributed by atoms with Crippen molar-refractivity contribution in [1.82, 2.24) is 5.32 Å². The first-order chi connectivity index (χ1) is 41.5. The van der Waals surface area contributed by atoms with E-state index in [1.807, 2.05) is 27.2 Å². The molecular formula is C76H131N2O6P. The number of hydrogen-bond donors (Lipinski definition) is 2. The highest BCUT2D eigenvalue weighted by Gasteiger charge is 2.23. The van der Waals surface area contributed by atoms with Crippen molar-refractivity contribution < 1.29 is 32.9 Å². The highest BCUT2D eigenvalue weighted by atomic mass is 31.2. The monoisotopic (exact) mass is 1200 g/mol. The van der Waals surface area contributed by atoms with Gasteiger partial charge in [-0.3, -0.25) is 9.36 Å². The van der Waals surface area contributed by atoms with E-state index >= 15 is 0 Å². The maximum Gasteiger partial charge on any atom is 0.268 e. The summed E-state index contributed by atoms with van der Waals surface area (Å²) < 4.78 is 23.4. The first-order valence-corrected chi connectivity index (χ1v) is 36.2. The third-order valence-corrected chi connectivity index (χ3v) is 15.7. The van der Waals surface area contributed by atoms with E-state index in [0.717, 1.165) is 109 Å². The number of aliphatic hydroxyl groups excluding tert-OH is 1. The van der Waals surface area contributed by atoms with E-state index in [4.69, 9.17) is 9.05 Å². The van der Waals surface area contributed by atoms with Crippen LogP contribution in [0.1, 0.15) is 277 Å².